The summed E-state index contributed by atoms with van der Waals surface area (Å²) in [5, 5.41) is 18.0. The van der Waals surface area contributed by atoms with Crippen molar-refractivity contribution in [1.82, 2.24) is 20.6 Å². The number of alkyl halides is 3. The molecule has 28 heavy (non-hydrogen) atoms. The van der Waals surface area contributed by atoms with Crippen molar-refractivity contribution >= 4 is 10.0 Å². The molecule has 1 aromatic carbocycles. The number of halogens is 3. The van der Waals surface area contributed by atoms with Gasteiger partial charge in [0.1, 0.15) is 4.90 Å². The molecule has 12 heteroatoms. The van der Waals surface area contributed by atoms with Gasteiger partial charge in [0.05, 0.1) is 5.56 Å². The summed E-state index contributed by atoms with van der Waals surface area (Å²) in [7, 11) is -4.70. The van der Waals surface area contributed by atoms with Crippen LogP contribution in [0.15, 0.2) is 17.0 Å². The number of nitrogens with one attached hydrogen (secondary N) is 1. The minimum Gasteiger partial charge on any atom is -0.328 e. The average Bonchev–Trinajstić information content (AvgIpc) is 3.13. The van der Waals surface area contributed by atoms with E-state index in [0.29, 0.717) is 24.3 Å². The summed E-state index contributed by atoms with van der Waals surface area (Å²) in [5.41, 5.74) is 4.69. The molecule has 0 saturated heterocycles. The van der Waals surface area contributed by atoms with Crippen LogP contribution >= 0.6 is 0 Å². The maximum Gasteiger partial charge on any atom is 0.417 e. The predicted octanol–water partition coefficient (Wildman–Crippen LogP) is 1.98. The number of primary sulfonamides is 1. The summed E-state index contributed by atoms with van der Waals surface area (Å²) >= 11 is 0. The predicted molar refractivity (Wildman–Crippen MR) is 94.2 cm³/mol. The van der Waals surface area contributed by atoms with Crippen molar-refractivity contribution in [2.75, 3.05) is 0 Å². The third-order valence-corrected chi connectivity index (χ3v) is 6.11. The van der Waals surface area contributed by atoms with E-state index in [1.807, 2.05) is 0 Å². The minimum absolute atomic E-state index is 0.186. The van der Waals surface area contributed by atoms with E-state index in [9.17, 15) is 21.6 Å². The van der Waals surface area contributed by atoms with Crippen LogP contribution in [0.4, 0.5) is 13.2 Å². The molecule has 1 fully saturated rings. The van der Waals surface area contributed by atoms with E-state index in [0.717, 1.165) is 31.7 Å². The first-order valence-corrected chi connectivity index (χ1v) is 10.4. The highest BCUT2D eigenvalue weighted by molar-refractivity contribution is 7.89. The van der Waals surface area contributed by atoms with Crippen LogP contribution < -0.4 is 10.9 Å². The summed E-state index contributed by atoms with van der Waals surface area (Å²) in [6, 6.07) is 2.19. The molecule has 5 N–H and O–H groups in total. The lowest BCUT2D eigenvalue weighted by atomic mass is 9.82. The van der Waals surface area contributed by atoms with Crippen molar-refractivity contribution in [2.24, 2.45) is 16.8 Å². The highest BCUT2D eigenvalue weighted by Gasteiger charge is 2.39. The Morgan fingerprint density at radius 1 is 1.18 bits per heavy atom. The fourth-order valence-corrected chi connectivity index (χ4v) is 4.70. The van der Waals surface area contributed by atoms with E-state index in [4.69, 9.17) is 10.9 Å². The van der Waals surface area contributed by atoms with Gasteiger partial charge in [0, 0.05) is 11.6 Å². The second kappa shape index (κ2) is 7.76. The molecule has 1 saturated carbocycles. The number of benzene rings is 1. The molecule has 1 aliphatic carbocycles. The third kappa shape index (κ3) is 4.50. The van der Waals surface area contributed by atoms with Gasteiger partial charge in [0.25, 0.3) is 0 Å². The van der Waals surface area contributed by atoms with Crippen molar-refractivity contribution in [3.05, 3.63) is 23.3 Å². The quantitative estimate of drug-likeness (QED) is 0.678. The number of tetrazole rings is 1. The molecule has 0 amide bonds. The first-order valence-electron chi connectivity index (χ1n) is 8.82. The van der Waals surface area contributed by atoms with Crippen molar-refractivity contribution in [2.45, 2.75) is 55.6 Å². The van der Waals surface area contributed by atoms with Crippen LogP contribution in [-0.4, -0.2) is 35.1 Å². The average molecular weight is 418 g/mol. The highest BCUT2D eigenvalue weighted by atomic mass is 32.2. The van der Waals surface area contributed by atoms with Crippen LogP contribution in [0.5, 0.6) is 0 Å². The molecule has 3 rings (SSSR count). The molecular formula is C16H21F3N6O2S. The van der Waals surface area contributed by atoms with Crippen LogP contribution in [0.1, 0.15) is 43.2 Å². The summed E-state index contributed by atoms with van der Waals surface area (Å²) in [5.74, 6) is 0.133. The number of aromatic amines is 1. The Morgan fingerprint density at radius 2 is 1.86 bits per heavy atom. The number of H-pyrrole nitrogens is 1. The smallest absolute Gasteiger partial charge is 0.328 e. The molecule has 1 heterocycles. The summed E-state index contributed by atoms with van der Waals surface area (Å²) < 4.78 is 64.5. The van der Waals surface area contributed by atoms with Crippen molar-refractivity contribution in [3.63, 3.8) is 0 Å². The molecule has 0 atom stereocenters. The number of nitrogens with two attached hydrogens (primary N) is 2. The van der Waals surface area contributed by atoms with Gasteiger partial charge in [-0.05, 0) is 61.3 Å². The molecule has 0 radical (unpaired) electrons. The minimum atomic E-state index is -4.90. The molecule has 1 aromatic heterocycles. The summed E-state index contributed by atoms with van der Waals surface area (Å²) in [6.45, 7) is 0. The SMILES string of the molecule is NS(=O)(=O)c1c(C(F)(F)F)ccc(CC[C@H]2CC[C@H](N)CC2)c1-c1nn[nH]n1. The lowest BCUT2D eigenvalue weighted by molar-refractivity contribution is -0.139. The van der Waals surface area contributed by atoms with Crippen molar-refractivity contribution < 1.29 is 21.6 Å². The number of rotatable bonds is 5. The highest BCUT2D eigenvalue weighted by Crippen LogP contribution is 2.40. The monoisotopic (exact) mass is 418 g/mol. The van der Waals surface area contributed by atoms with Gasteiger partial charge in [-0.15, -0.1) is 10.2 Å². The standard InChI is InChI=1S/C16H21F3N6O2S/c17-16(18,19)12-8-5-10(4-1-9-2-6-11(20)7-3-9)13(14(12)28(21,26)27)15-22-24-25-23-15/h5,8-9,11H,1-4,6-7,20H2,(H2,21,26,27)(H,22,23,24,25)/t9-,11-. The van der Waals surface area contributed by atoms with Gasteiger partial charge in [-0.3, -0.25) is 0 Å². The number of hydrogen-bond acceptors (Lipinski definition) is 6. The number of aryl methyl sites for hydroxylation is 1. The normalized spacial score (nSPS) is 21.0. The van der Waals surface area contributed by atoms with Crippen LogP contribution in [0.2, 0.25) is 0 Å². The van der Waals surface area contributed by atoms with Gasteiger partial charge >= 0.3 is 6.18 Å². The van der Waals surface area contributed by atoms with E-state index in [1.165, 1.54) is 6.07 Å². The molecule has 1 aliphatic rings. The summed E-state index contributed by atoms with van der Waals surface area (Å²) in [4.78, 5) is -1.02. The van der Waals surface area contributed by atoms with Gasteiger partial charge in [0.2, 0.25) is 15.8 Å². The van der Waals surface area contributed by atoms with Gasteiger partial charge in [0.15, 0.2) is 0 Å². The number of hydrogen-bond donors (Lipinski definition) is 3. The first kappa shape index (κ1) is 20.7. The van der Waals surface area contributed by atoms with Crippen LogP contribution in [0.25, 0.3) is 11.4 Å². The van der Waals surface area contributed by atoms with Gasteiger partial charge in [-0.1, -0.05) is 6.07 Å². The Morgan fingerprint density at radius 3 is 2.39 bits per heavy atom. The van der Waals surface area contributed by atoms with Gasteiger partial charge in [-0.25, -0.2) is 13.6 Å². The fraction of sp³-hybridized carbons (Fsp3) is 0.562. The number of nitrogens with zero attached hydrogens (tertiary/aromatic N) is 3. The molecule has 8 nitrogen and oxygen atoms in total. The van der Waals surface area contributed by atoms with Crippen LogP contribution in [0, 0.1) is 5.92 Å². The molecule has 0 bridgehead atoms. The van der Waals surface area contributed by atoms with Gasteiger partial charge in [-0.2, -0.15) is 18.4 Å². The molecule has 2 aromatic rings. The van der Waals surface area contributed by atoms with E-state index >= 15 is 0 Å². The first-order chi connectivity index (χ1) is 13.1. The Bertz CT molecular complexity index is 923. The largest absolute Gasteiger partial charge is 0.417 e. The molecular weight excluding hydrogens is 397 g/mol. The van der Waals surface area contributed by atoms with Crippen LogP contribution in [0.3, 0.4) is 0 Å². The molecule has 0 unspecified atom stereocenters. The lowest BCUT2D eigenvalue weighted by Crippen LogP contribution is -2.26. The maximum absolute atomic E-state index is 13.4. The van der Waals surface area contributed by atoms with E-state index < -0.39 is 26.7 Å². The van der Waals surface area contributed by atoms with Gasteiger partial charge < -0.3 is 5.73 Å². The van der Waals surface area contributed by atoms with E-state index in [1.54, 1.807) is 0 Å². The topological polar surface area (TPSA) is 141 Å². The number of sulfonamides is 1. The zero-order valence-electron chi connectivity index (χ0n) is 14.9. The lowest BCUT2D eigenvalue weighted by Gasteiger charge is -2.26. The molecule has 0 spiro atoms. The Hall–Kier alpha value is -2.05. The fourth-order valence-electron chi connectivity index (χ4n) is 3.70. The van der Waals surface area contributed by atoms with Crippen molar-refractivity contribution in [3.8, 4) is 11.4 Å². The maximum atomic E-state index is 13.4. The third-order valence-electron chi connectivity index (χ3n) is 5.12. The van der Waals surface area contributed by atoms with Crippen LogP contribution in [-0.2, 0) is 22.6 Å². The summed E-state index contributed by atoms with van der Waals surface area (Å²) in [6.07, 6.45) is -0.186. The zero-order chi connectivity index (χ0) is 20.5. The molecule has 0 aliphatic heterocycles. The Kier molecular flexibility index (Phi) is 5.73. The van der Waals surface area contributed by atoms with E-state index in [2.05, 4.69) is 20.6 Å². The Balaban J connectivity index is 2.05. The van der Waals surface area contributed by atoms with E-state index in [-0.39, 0.29) is 17.4 Å². The zero-order valence-corrected chi connectivity index (χ0v) is 15.7. The number of aromatic nitrogens is 4. The van der Waals surface area contributed by atoms with Crippen molar-refractivity contribution in [1.29, 1.82) is 0 Å². The second-order valence-electron chi connectivity index (χ2n) is 7.07. The second-order valence-corrected chi connectivity index (χ2v) is 8.57. The molecule has 154 valence electrons. The Labute approximate surface area is 159 Å².